The van der Waals surface area contributed by atoms with Crippen molar-refractivity contribution in [1.82, 2.24) is 5.32 Å². The van der Waals surface area contributed by atoms with E-state index in [1.807, 2.05) is 45.4 Å². The van der Waals surface area contributed by atoms with Gasteiger partial charge in [-0.2, -0.15) is 11.3 Å². The quantitative estimate of drug-likeness (QED) is 0.863. The van der Waals surface area contributed by atoms with E-state index >= 15 is 0 Å². The number of aliphatic hydroxyl groups excluding tert-OH is 1. The molecule has 1 rings (SSSR count). The van der Waals surface area contributed by atoms with Gasteiger partial charge in [-0.25, -0.2) is 0 Å². The predicted molar refractivity (Wildman–Crippen MR) is 76.0 cm³/mol. The molecule has 0 radical (unpaired) electrons. The van der Waals surface area contributed by atoms with Gasteiger partial charge in [0.05, 0.1) is 11.7 Å². The SMILES string of the molecule is Cc1cscc1C(=O)NCC(C)(C)C(O)C(C)C. The van der Waals surface area contributed by atoms with Crippen LogP contribution in [0.15, 0.2) is 10.8 Å². The van der Waals surface area contributed by atoms with Crippen LogP contribution in [0.1, 0.15) is 43.6 Å². The molecule has 18 heavy (non-hydrogen) atoms. The number of amides is 1. The van der Waals surface area contributed by atoms with Crippen LogP contribution in [-0.4, -0.2) is 23.7 Å². The zero-order valence-corrected chi connectivity index (χ0v) is 12.6. The van der Waals surface area contributed by atoms with Crippen molar-refractivity contribution >= 4 is 17.2 Å². The number of aryl methyl sites for hydroxylation is 1. The topological polar surface area (TPSA) is 49.3 Å². The Bertz CT molecular complexity index is 410. The standard InChI is InChI=1S/C14H23NO2S/c1-9(2)12(16)14(4,5)8-15-13(17)11-7-18-6-10(11)3/h6-7,9,12,16H,8H2,1-5H3,(H,15,17). The molecule has 0 aliphatic rings. The molecule has 2 N–H and O–H groups in total. The van der Waals surface area contributed by atoms with Crippen LogP contribution in [0.3, 0.4) is 0 Å². The van der Waals surface area contributed by atoms with Gasteiger partial charge in [0.25, 0.3) is 5.91 Å². The summed E-state index contributed by atoms with van der Waals surface area (Å²) in [5.41, 5.74) is 1.41. The highest BCUT2D eigenvalue weighted by Gasteiger charge is 2.30. The molecule has 1 aromatic rings. The van der Waals surface area contributed by atoms with Gasteiger partial charge < -0.3 is 10.4 Å². The van der Waals surface area contributed by atoms with Gasteiger partial charge in [-0.05, 0) is 23.8 Å². The molecule has 0 aliphatic heterocycles. The smallest absolute Gasteiger partial charge is 0.252 e. The number of hydrogen-bond acceptors (Lipinski definition) is 3. The van der Waals surface area contributed by atoms with Crippen LogP contribution in [0.5, 0.6) is 0 Å². The largest absolute Gasteiger partial charge is 0.392 e. The van der Waals surface area contributed by atoms with Crippen molar-refractivity contribution in [2.75, 3.05) is 6.54 Å². The Balaban J connectivity index is 2.60. The molecule has 0 spiro atoms. The third kappa shape index (κ3) is 3.56. The summed E-state index contributed by atoms with van der Waals surface area (Å²) in [4.78, 5) is 12.0. The van der Waals surface area contributed by atoms with Crippen molar-refractivity contribution in [3.05, 3.63) is 21.9 Å². The number of aliphatic hydroxyl groups is 1. The van der Waals surface area contributed by atoms with Crippen molar-refractivity contribution in [3.63, 3.8) is 0 Å². The van der Waals surface area contributed by atoms with Gasteiger partial charge in [0.2, 0.25) is 0 Å². The van der Waals surface area contributed by atoms with Crippen LogP contribution in [0.2, 0.25) is 0 Å². The van der Waals surface area contributed by atoms with Crippen LogP contribution in [0.4, 0.5) is 0 Å². The lowest BCUT2D eigenvalue weighted by Gasteiger charge is -2.33. The summed E-state index contributed by atoms with van der Waals surface area (Å²) < 4.78 is 0. The molecule has 1 heterocycles. The van der Waals surface area contributed by atoms with Crippen LogP contribution >= 0.6 is 11.3 Å². The summed E-state index contributed by atoms with van der Waals surface area (Å²) in [6.45, 7) is 10.3. The van der Waals surface area contributed by atoms with Crippen LogP contribution < -0.4 is 5.32 Å². The fraction of sp³-hybridized carbons (Fsp3) is 0.643. The van der Waals surface area contributed by atoms with E-state index < -0.39 is 6.10 Å². The van der Waals surface area contributed by atoms with Gasteiger partial charge in [0.1, 0.15) is 0 Å². The Kier molecular flexibility index (Phi) is 4.93. The fourth-order valence-corrected chi connectivity index (χ4v) is 2.83. The summed E-state index contributed by atoms with van der Waals surface area (Å²) in [7, 11) is 0. The van der Waals surface area contributed by atoms with Crippen LogP contribution in [0, 0.1) is 18.3 Å². The van der Waals surface area contributed by atoms with Gasteiger partial charge in [0.15, 0.2) is 0 Å². The highest BCUT2D eigenvalue weighted by molar-refractivity contribution is 7.08. The average Bonchev–Trinajstić information content (AvgIpc) is 2.71. The molecule has 0 saturated heterocycles. The van der Waals surface area contributed by atoms with Crippen molar-refractivity contribution in [2.45, 2.75) is 40.7 Å². The van der Waals surface area contributed by atoms with E-state index in [9.17, 15) is 9.90 Å². The van der Waals surface area contributed by atoms with Crippen molar-refractivity contribution < 1.29 is 9.90 Å². The summed E-state index contributed by atoms with van der Waals surface area (Å²) in [5, 5.41) is 16.8. The maximum atomic E-state index is 12.0. The first-order chi connectivity index (χ1) is 8.25. The normalized spacial score (nSPS) is 13.7. The lowest BCUT2D eigenvalue weighted by molar-refractivity contribution is 0.0138. The minimum absolute atomic E-state index is 0.0576. The second-order valence-electron chi connectivity index (χ2n) is 5.83. The Labute approximate surface area is 113 Å². The zero-order chi connectivity index (χ0) is 13.9. The summed E-state index contributed by atoms with van der Waals surface area (Å²) in [6.07, 6.45) is -0.429. The van der Waals surface area contributed by atoms with Crippen molar-refractivity contribution in [3.8, 4) is 0 Å². The van der Waals surface area contributed by atoms with E-state index in [1.54, 1.807) is 0 Å². The first kappa shape index (κ1) is 15.2. The number of nitrogens with one attached hydrogen (secondary N) is 1. The first-order valence-corrected chi connectivity index (χ1v) is 7.19. The highest BCUT2D eigenvalue weighted by atomic mass is 32.1. The molecule has 0 aromatic carbocycles. The summed E-state index contributed by atoms with van der Waals surface area (Å²) >= 11 is 1.53. The second-order valence-corrected chi connectivity index (χ2v) is 6.57. The van der Waals surface area contributed by atoms with Gasteiger partial charge in [-0.3, -0.25) is 4.79 Å². The Morgan fingerprint density at radius 2 is 2.06 bits per heavy atom. The number of carbonyl (C=O) groups is 1. The monoisotopic (exact) mass is 269 g/mol. The average molecular weight is 269 g/mol. The molecule has 1 aromatic heterocycles. The molecule has 0 bridgehead atoms. The van der Waals surface area contributed by atoms with E-state index in [0.717, 1.165) is 11.1 Å². The van der Waals surface area contributed by atoms with E-state index in [-0.39, 0.29) is 17.2 Å². The van der Waals surface area contributed by atoms with Crippen LogP contribution in [-0.2, 0) is 0 Å². The van der Waals surface area contributed by atoms with Crippen molar-refractivity contribution in [1.29, 1.82) is 0 Å². The lowest BCUT2D eigenvalue weighted by Crippen LogP contribution is -2.43. The van der Waals surface area contributed by atoms with Crippen LogP contribution in [0.25, 0.3) is 0 Å². The van der Waals surface area contributed by atoms with E-state index in [1.165, 1.54) is 11.3 Å². The number of hydrogen-bond donors (Lipinski definition) is 2. The zero-order valence-electron chi connectivity index (χ0n) is 11.8. The molecule has 1 unspecified atom stereocenters. The Morgan fingerprint density at radius 1 is 1.44 bits per heavy atom. The Morgan fingerprint density at radius 3 is 2.50 bits per heavy atom. The van der Waals surface area contributed by atoms with E-state index in [0.29, 0.717) is 6.54 Å². The summed E-state index contributed by atoms with van der Waals surface area (Å²) in [5.74, 6) is 0.123. The molecule has 102 valence electrons. The number of thiophene rings is 1. The number of carbonyl (C=O) groups excluding carboxylic acids is 1. The van der Waals surface area contributed by atoms with E-state index in [4.69, 9.17) is 0 Å². The van der Waals surface area contributed by atoms with Gasteiger partial charge in [0, 0.05) is 17.3 Å². The molecule has 0 fully saturated rings. The third-order valence-electron chi connectivity index (χ3n) is 3.24. The van der Waals surface area contributed by atoms with Crippen molar-refractivity contribution in [2.24, 2.45) is 11.3 Å². The van der Waals surface area contributed by atoms with E-state index in [2.05, 4.69) is 5.32 Å². The molecule has 0 saturated carbocycles. The first-order valence-electron chi connectivity index (χ1n) is 6.24. The predicted octanol–water partition coefficient (Wildman–Crippen LogP) is 2.83. The maximum Gasteiger partial charge on any atom is 0.252 e. The number of rotatable bonds is 5. The molecular weight excluding hydrogens is 246 g/mol. The molecule has 0 aliphatic carbocycles. The lowest BCUT2D eigenvalue weighted by atomic mass is 9.80. The molecule has 1 atom stereocenters. The highest BCUT2D eigenvalue weighted by Crippen LogP contribution is 2.25. The Hall–Kier alpha value is -0.870. The third-order valence-corrected chi connectivity index (χ3v) is 4.10. The summed E-state index contributed by atoms with van der Waals surface area (Å²) in [6, 6.07) is 0. The van der Waals surface area contributed by atoms with Gasteiger partial charge in [-0.1, -0.05) is 27.7 Å². The molecule has 3 nitrogen and oxygen atoms in total. The van der Waals surface area contributed by atoms with Gasteiger partial charge >= 0.3 is 0 Å². The minimum Gasteiger partial charge on any atom is -0.392 e. The van der Waals surface area contributed by atoms with Gasteiger partial charge in [-0.15, -0.1) is 0 Å². The fourth-order valence-electron chi connectivity index (χ4n) is 2.00. The molecule has 4 heteroatoms. The minimum atomic E-state index is -0.429. The second kappa shape index (κ2) is 5.85. The maximum absolute atomic E-state index is 12.0. The molecular formula is C14H23NO2S. The molecule has 1 amide bonds.